The fourth-order valence-electron chi connectivity index (χ4n) is 5.24. The van der Waals surface area contributed by atoms with Gasteiger partial charge in [0.2, 0.25) is 0 Å². The average molecular weight is 401 g/mol. The van der Waals surface area contributed by atoms with Gasteiger partial charge in [0.15, 0.2) is 0 Å². The minimum atomic E-state index is 0.167. The molecule has 2 atom stereocenters. The van der Waals surface area contributed by atoms with E-state index in [1.54, 1.807) is 7.11 Å². The first-order chi connectivity index (χ1) is 14.6. The highest BCUT2D eigenvalue weighted by Gasteiger charge is 2.35. The molecule has 0 N–H and O–H groups in total. The molecule has 30 heavy (non-hydrogen) atoms. The van der Waals surface area contributed by atoms with Crippen molar-refractivity contribution >= 4 is 0 Å². The zero-order valence-corrected chi connectivity index (χ0v) is 17.7. The molecule has 2 aliphatic heterocycles. The number of ether oxygens (including phenoxy) is 1. The first-order valence-corrected chi connectivity index (χ1v) is 10.8. The minimum absolute atomic E-state index is 0.167. The van der Waals surface area contributed by atoms with Gasteiger partial charge in [-0.15, -0.1) is 0 Å². The number of benzene rings is 2. The van der Waals surface area contributed by atoms with Crippen LogP contribution in [0, 0.1) is 12.8 Å². The lowest BCUT2D eigenvalue weighted by atomic mass is 9.82. The maximum absolute atomic E-state index is 13.4. The molecule has 4 nitrogen and oxygen atoms in total. The number of rotatable bonds is 4. The molecule has 3 aromatic rings. The molecule has 4 heteroatoms. The number of likely N-dealkylation sites (tertiary alicyclic amines) is 1. The van der Waals surface area contributed by atoms with Crippen LogP contribution in [0.4, 0.5) is 0 Å². The molecule has 0 radical (unpaired) electrons. The van der Waals surface area contributed by atoms with E-state index in [1.807, 2.05) is 30.3 Å². The molecule has 1 aromatic heterocycles. The van der Waals surface area contributed by atoms with Crippen molar-refractivity contribution in [1.29, 1.82) is 0 Å². The van der Waals surface area contributed by atoms with Crippen LogP contribution in [0.1, 0.15) is 29.2 Å². The number of aromatic nitrogens is 1. The third kappa shape index (κ3) is 3.46. The highest BCUT2D eigenvalue weighted by atomic mass is 16.5. The summed E-state index contributed by atoms with van der Waals surface area (Å²) >= 11 is 0. The number of fused-ring (bicyclic) bond motifs is 4. The standard InChI is InChI=1S/C26H28N2O2/c1-18-5-3-4-6-23(18)24-11-12-25-21-13-20(16-28(25)26(24)29)15-27(17-21)14-19-7-9-22(30-2)10-8-19/h3-12,20-21H,13-17H2,1-2H3/t20-,21+/m0/s1. The Kier molecular flexibility index (Phi) is 4.95. The molecule has 2 bridgehead atoms. The lowest BCUT2D eigenvalue weighted by molar-refractivity contribution is 0.114. The van der Waals surface area contributed by atoms with Crippen molar-refractivity contribution in [3.8, 4) is 16.9 Å². The number of piperidine rings is 1. The third-order valence-corrected chi connectivity index (χ3v) is 6.68. The van der Waals surface area contributed by atoms with Gasteiger partial charge in [0.25, 0.3) is 5.56 Å². The van der Waals surface area contributed by atoms with E-state index < -0.39 is 0 Å². The second-order valence-corrected chi connectivity index (χ2v) is 8.74. The Morgan fingerprint density at radius 2 is 1.73 bits per heavy atom. The molecule has 2 aliphatic rings. The van der Waals surface area contributed by atoms with E-state index in [0.29, 0.717) is 11.8 Å². The maximum Gasteiger partial charge on any atom is 0.258 e. The summed E-state index contributed by atoms with van der Waals surface area (Å²) in [6.45, 7) is 5.89. The van der Waals surface area contributed by atoms with E-state index in [2.05, 4.69) is 46.7 Å². The van der Waals surface area contributed by atoms with Crippen LogP contribution in [-0.4, -0.2) is 29.7 Å². The SMILES string of the molecule is COc1ccc(CN2C[C@@H]3C[C@H](C2)c2ccc(-c4ccccc4C)c(=O)n2C3)cc1. The maximum atomic E-state index is 13.4. The first-order valence-electron chi connectivity index (χ1n) is 10.8. The predicted octanol–water partition coefficient (Wildman–Crippen LogP) is 4.45. The average Bonchev–Trinajstić information content (AvgIpc) is 2.76. The van der Waals surface area contributed by atoms with Crippen LogP contribution < -0.4 is 10.3 Å². The fourth-order valence-corrected chi connectivity index (χ4v) is 5.24. The molecule has 1 saturated heterocycles. The van der Waals surface area contributed by atoms with Gasteiger partial charge in [0.1, 0.15) is 5.75 Å². The first kappa shape index (κ1) is 19.1. The molecule has 5 rings (SSSR count). The second kappa shape index (κ2) is 7.77. The van der Waals surface area contributed by atoms with Crippen LogP contribution in [0.2, 0.25) is 0 Å². The molecule has 0 aliphatic carbocycles. The summed E-state index contributed by atoms with van der Waals surface area (Å²) in [6.07, 6.45) is 1.18. The number of nitrogens with zero attached hydrogens (tertiary/aromatic N) is 2. The van der Waals surface area contributed by atoms with E-state index in [-0.39, 0.29) is 5.56 Å². The molecular formula is C26H28N2O2. The van der Waals surface area contributed by atoms with Gasteiger partial charge in [-0.3, -0.25) is 9.69 Å². The van der Waals surface area contributed by atoms with E-state index in [4.69, 9.17) is 4.74 Å². The van der Waals surface area contributed by atoms with Crippen LogP contribution in [0.5, 0.6) is 5.75 Å². The smallest absolute Gasteiger partial charge is 0.258 e. The molecule has 0 spiro atoms. The summed E-state index contributed by atoms with van der Waals surface area (Å²) < 4.78 is 7.33. The predicted molar refractivity (Wildman–Crippen MR) is 120 cm³/mol. The fraction of sp³-hybridized carbons (Fsp3) is 0.346. The molecule has 3 heterocycles. The zero-order chi connectivity index (χ0) is 20.7. The van der Waals surface area contributed by atoms with Gasteiger partial charge in [-0.05, 0) is 60.2 Å². The molecule has 0 saturated carbocycles. The Morgan fingerprint density at radius 1 is 0.933 bits per heavy atom. The Balaban J connectivity index is 1.41. The van der Waals surface area contributed by atoms with Gasteiger partial charge in [-0.2, -0.15) is 0 Å². The minimum Gasteiger partial charge on any atom is -0.497 e. The summed E-state index contributed by atoms with van der Waals surface area (Å²) in [5.74, 6) is 1.85. The largest absolute Gasteiger partial charge is 0.497 e. The quantitative estimate of drug-likeness (QED) is 0.649. The summed E-state index contributed by atoms with van der Waals surface area (Å²) in [6, 6.07) is 20.8. The molecule has 2 aromatic carbocycles. The van der Waals surface area contributed by atoms with Gasteiger partial charge in [0, 0.05) is 43.4 Å². The zero-order valence-electron chi connectivity index (χ0n) is 17.7. The van der Waals surface area contributed by atoms with Crippen molar-refractivity contribution in [2.45, 2.75) is 32.4 Å². The molecule has 1 fully saturated rings. The number of hydrogen-bond donors (Lipinski definition) is 0. The van der Waals surface area contributed by atoms with Gasteiger partial charge in [-0.25, -0.2) is 0 Å². The van der Waals surface area contributed by atoms with Gasteiger partial charge in [-0.1, -0.05) is 36.4 Å². The van der Waals surface area contributed by atoms with Gasteiger partial charge < -0.3 is 9.30 Å². The summed E-state index contributed by atoms with van der Waals surface area (Å²) in [5, 5.41) is 0. The van der Waals surface area contributed by atoms with Crippen LogP contribution >= 0.6 is 0 Å². The summed E-state index contributed by atoms with van der Waals surface area (Å²) in [5.41, 5.74) is 5.70. The van der Waals surface area contributed by atoms with Gasteiger partial charge in [0.05, 0.1) is 7.11 Å². The normalized spacial score (nSPS) is 20.6. The summed E-state index contributed by atoms with van der Waals surface area (Å²) in [7, 11) is 1.70. The van der Waals surface area contributed by atoms with Crippen LogP contribution in [0.25, 0.3) is 11.1 Å². The highest BCUT2D eigenvalue weighted by molar-refractivity contribution is 5.66. The number of methoxy groups -OCH3 is 1. The molecule has 0 unspecified atom stereocenters. The Bertz CT molecular complexity index is 1120. The van der Waals surface area contributed by atoms with Crippen molar-refractivity contribution in [3.05, 3.63) is 87.8 Å². The van der Waals surface area contributed by atoms with Crippen molar-refractivity contribution in [3.63, 3.8) is 0 Å². The van der Waals surface area contributed by atoms with Crippen LogP contribution in [0.3, 0.4) is 0 Å². The van der Waals surface area contributed by atoms with Crippen LogP contribution in [0.15, 0.2) is 65.5 Å². The monoisotopic (exact) mass is 400 g/mol. The second-order valence-electron chi connectivity index (χ2n) is 8.74. The van der Waals surface area contributed by atoms with E-state index in [0.717, 1.165) is 48.6 Å². The number of pyridine rings is 1. The van der Waals surface area contributed by atoms with Crippen molar-refractivity contribution < 1.29 is 4.74 Å². The molecular weight excluding hydrogens is 372 g/mol. The molecule has 154 valence electrons. The van der Waals surface area contributed by atoms with Crippen molar-refractivity contribution in [2.75, 3.05) is 20.2 Å². The van der Waals surface area contributed by atoms with Crippen molar-refractivity contribution in [1.82, 2.24) is 9.47 Å². The lowest BCUT2D eigenvalue weighted by Gasteiger charge is -2.43. The number of hydrogen-bond acceptors (Lipinski definition) is 3. The summed E-state index contributed by atoms with van der Waals surface area (Å²) in [4.78, 5) is 15.9. The topological polar surface area (TPSA) is 34.5 Å². The van der Waals surface area contributed by atoms with Gasteiger partial charge >= 0.3 is 0 Å². The van der Waals surface area contributed by atoms with E-state index in [9.17, 15) is 4.79 Å². The van der Waals surface area contributed by atoms with E-state index >= 15 is 0 Å². The number of aryl methyl sites for hydroxylation is 1. The Morgan fingerprint density at radius 3 is 2.50 bits per heavy atom. The third-order valence-electron chi connectivity index (χ3n) is 6.68. The Hall–Kier alpha value is -2.85. The van der Waals surface area contributed by atoms with Crippen LogP contribution in [-0.2, 0) is 13.1 Å². The van der Waals surface area contributed by atoms with E-state index in [1.165, 1.54) is 17.7 Å². The molecule has 0 amide bonds. The lowest BCUT2D eigenvalue weighted by Crippen LogP contribution is -2.46. The van der Waals surface area contributed by atoms with Crippen molar-refractivity contribution in [2.24, 2.45) is 5.92 Å². The Labute approximate surface area is 177 Å². The highest BCUT2D eigenvalue weighted by Crippen LogP contribution is 2.36.